The third-order valence-electron chi connectivity index (χ3n) is 3.78. The summed E-state index contributed by atoms with van der Waals surface area (Å²) in [5.41, 5.74) is -1.20. The second-order valence-corrected chi connectivity index (χ2v) is 8.26. The Morgan fingerprint density at radius 1 is 1.03 bits per heavy atom. The van der Waals surface area contributed by atoms with Gasteiger partial charge in [-0.1, -0.05) is 6.92 Å². The molecule has 31 heavy (non-hydrogen) atoms. The first-order chi connectivity index (χ1) is 14.5. The molecule has 12 nitrogen and oxygen atoms in total. The molecule has 0 spiro atoms. The van der Waals surface area contributed by atoms with Crippen molar-refractivity contribution in [3.63, 3.8) is 0 Å². The molecule has 1 amide bonds. The number of rotatable bonds is 8. The van der Waals surface area contributed by atoms with Gasteiger partial charge in [0.15, 0.2) is 5.11 Å². The van der Waals surface area contributed by atoms with Crippen molar-refractivity contribution in [2.45, 2.75) is 18.2 Å². The zero-order valence-corrected chi connectivity index (χ0v) is 17.7. The molecule has 0 fully saturated rings. The number of thiocarbonyl (C=S) groups is 1. The van der Waals surface area contributed by atoms with E-state index in [0.717, 1.165) is 18.2 Å². The number of carbonyl (C=O) groups excluding carboxylic acids is 1. The predicted molar refractivity (Wildman–Crippen MR) is 115 cm³/mol. The van der Waals surface area contributed by atoms with E-state index in [2.05, 4.69) is 15.4 Å². The molecule has 0 radical (unpaired) electrons. The van der Waals surface area contributed by atoms with Crippen LogP contribution in [0.25, 0.3) is 0 Å². The van der Waals surface area contributed by atoms with E-state index in [0.29, 0.717) is 18.7 Å². The van der Waals surface area contributed by atoms with E-state index in [9.17, 15) is 33.4 Å². The molecule has 0 aliphatic carbocycles. The van der Waals surface area contributed by atoms with Gasteiger partial charge in [0.1, 0.15) is 0 Å². The molecule has 3 N–H and O–H groups in total. The van der Waals surface area contributed by atoms with Gasteiger partial charge >= 0.3 is 0 Å². The van der Waals surface area contributed by atoms with Crippen LogP contribution in [0.3, 0.4) is 0 Å². The summed E-state index contributed by atoms with van der Waals surface area (Å²) in [6.45, 7) is 2.13. The van der Waals surface area contributed by atoms with Gasteiger partial charge < -0.3 is 5.32 Å². The molecule has 0 bridgehead atoms. The number of nitro benzene ring substituents is 2. The molecule has 0 saturated carbocycles. The van der Waals surface area contributed by atoms with Crippen molar-refractivity contribution in [2.24, 2.45) is 0 Å². The van der Waals surface area contributed by atoms with Crippen LogP contribution in [0, 0.1) is 20.2 Å². The Morgan fingerprint density at radius 3 is 2.06 bits per heavy atom. The van der Waals surface area contributed by atoms with E-state index in [-0.39, 0.29) is 15.6 Å². The van der Waals surface area contributed by atoms with Crippen molar-refractivity contribution in [2.75, 3.05) is 11.9 Å². The van der Waals surface area contributed by atoms with Crippen LogP contribution in [-0.2, 0) is 10.0 Å². The highest BCUT2D eigenvalue weighted by molar-refractivity contribution is 7.89. The molecule has 2 aromatic carbocycles. The average Bonchev–Trinajstić information content (AvgIpc) is 2.72. The molecular formula is C17H17N5O7S2. The lowest BCUT2D eigenvalue weighted by Crippen LogP contribution is -2.34. The smallest absolute Gasteiger partial charge is 0.277 e. The topological polar surface area (TPSA) is 174 Å². The number of nitrogens with zero attached hydrogens (tertiary/aromatic N) is 2. The van der Waals surface area contributed by atoms with Crippen LogP contribution in [0.5, 0.6) is 0 Å². The van der Waals surface area contributed by atoms with Crippen LogP contribution >= 0.6 is 12.2 Å². The maximum absolute atomic E-state index is 12.3. The molecule has 0 atom stereocenters. The maximum atomic E-state index is 12.3. The summed E-state index contributed by atoms with van der Waals surface area (Å²) in [4.78, 5) is 32.5. The minimum atomic E-state index is -3.64. The first-order valence-corrected chi connectivity index (χ1v) is 10.6. The van der Waals surface area contributed by atoms with Crippen LogP contribution in [0.15, 0.2) is 47.4 Å². The van der Waals surface area contributed by atoms with Gasteiger partial charge in [0, 0.05) is 24.4 Å². The zero-order valence-electron chi connectivity index (χ0n) is 16.0. The summed E-state index contributed by atoms with van der Waals surface area (Å²) in [5.74, 6) is -0.896. The second-order valence-electron chi connectivity index (χ2n) is 6.08. The molecule has 0 aliphatic rings. The van der Waals surface area contributed by atoms with E-state index in [4.69, 9.17) is 12.2 Å². The Morgan fingerprint density at radius 2 is 1.58 bits per heavy atom. The average molecular weight is 467 g/mol. The van der Waals surface area contributed by atoms with Gasteiger partial charge in [-0.25, -0.2) is 13.1 Å². The molecule has 2 aromatic rings. The number of hydrogen-bond donors (Lipinski definition) is 3. The summed E-state index contributed by atoms with van der Waals surface area (Å²) in [6.07, 6.45) is 0.639. The molecular weight excluding hydrogens is 450 g/mol. The summed E-state index contributed by atoms with van der Waals surface area (Å²) < 4.78 is 26.6. The SMILES string of the molecule is CCCNS(=O)(=O)c1ccc(NC(=S)NC(=O)c2cc([N+](=O)[O-])cc([N+](=O)[O-])c2)cc1. The molecule has 0 heterocycles. The molecule has 0 unspecified atom stereocenters. The molecule has 0 saturated heterocycles. The van der Waals surface area contributed by atoms with Crippen molar-refractivity contribution in [1.82, 2.24) is 10.0 Å². The predicted octanol–water partition coefficient (Wildman–Crippen LogP) is 2.32. The van der Waals surface area contributed by atoms with E-state index < -0.39 is 37.2 Å². The van der Waals surface area contributed by atoms with E-state index in [1.165, 1.54) is 24.3 Å². The number of amides is 1. The van der Waals surface area contributed by atoms with Crippen LogP contribution in [-0.4, -0.2) is 35.8 Å². The largest absolute Gasteiger partial charge is 0.332 e. The van der Waals surface area contributed by atoms with Crippen molar-refractivity contribution < 1.29 is 23.1 Å². The highest BCUT2D eigenvalue weighted by atomic mass is 32.2. The maximum Gasteiger partial charge on any atom is 0.277 e. The van der Waals surface area contributed by atoms with Crippen molar-refractivity contribution in [3.8, 4) is 0 Å². The minimum absolute atomic E-state index is 0.0466. The normalized spacial score (nSPS) is 10.9. The van der Waals surface area contributed by atoms with Gasteiger partial charge in [-0.2, -0.15) is 0 Å². The fourth-order valence-electron chi connectivity index (χ4n) is 2.31. The second kappa shape index (κ2) is 10.0. The number of non-ortho nitro benzene ring substituents is 2. The number of nitro groups is 2. The van der Waals surface area contributed by atoms with Gasteiger partial charge in [0.25, 0.3) is 17.3 Å². The Labute approximate surface area is 182 Å². The first-order valence-electron chi connectivity index (χ1n) is 8.69. The molecule has 0 aliphatic heterocycles. The molecule has 14 heteroatoms. The number of nitrogens with one attached hydrogen (secondary N) is 3. The van der Waals surface area contributed by atoms with E-state index in [1.807, 2.05) is 6.92 Å². The summed E-state index contributed by atoms with van der Waals surface area (Å²) in [5, 5.41) is 26.6. The fraction of sp³-hybridized carbons (Fsp3) is 0.176. The third kappa shape index (κ3) is 6.50. The van der Waals surface area contributed by atoms with Crippen molar-refractivity contribution in [1.29, 1.82) is 0 Å². The number of anilines is 1. The van der Waals surface area contributed by atoms with Gasteiger partial charge in [0.2, 0.25) is 10.0 Å². The van der Waals surface area contributed by atoms with Crippen LogP contribution in [0.1, 0.15) is 23.7 Å². The first kappa shape index (κ1) is 23.8. The highest BCUT2D eigenvalue weighted by Gasteiger charge is 2.20. The lowest BCUT2D eigenvalue weighted by Gasteiger charge is -2.11. The zero-order chi connectivity index (χ0) is 23.2. The lowest BCUT2D eigenvalue weighted by molar-refractivity contribution is -0.394. The van der Waals surface area contributed by atoms with E-state index in [1.54, 1.807) is 0 Å². The lowest BCUT2D eigenvalue weighted by atomic mass is 10.1. The Kier molecular flexibility index (Phi) is 7.68. The van der Waals surface area contributed by atoms with Crippen LogP contribution in [0.4, 0.5) is 17.1 Å². The van der Waals surface area contributed by atoms with Crippen molar-refractivity contribution in [3.05, 3.63) is 68.3 Å². The number of sulfonamides is 1. The van der Waals surface area contributed by atoms with Crippen molar-refractivity contribution >= 4 is 50.3 Å². The Hall–Kier alpha value is -3.49. The monoisotopic (exact) mass is 467 g/mol. The summed E-state index contributed by atoms with van der Waals surface area (Å²) >= 11 is 5.00. The van der Waals surface area contributed by atoms with Crippen LogP contribution in [0.2, 0.25) is 0 Å². The number of benzene rings is 2. The molecule has 164 valence electrons. The van der Waals surface area contributed by atoms with Gasteiger partial charge in [-0.3, -0.25) is 30.3 Å². The van der Waals surface area contributed by atoms with E-state index >= 15 is 0 Å². The quantitative estimate of drug-likeness (QED) is 0.299. The highest BCUT2D eigenvalue weighted by Crippen LogP contribution is 2.22. The Balaban J connectivity index is 2.10. The van der Waals surface area contributed by atoms with Crippen LogP contribution < -0.4 is 15.4 Å². The minimum Gasteiger partial charge on any atom is -0.332 e. The van der Waals surface area contributed by atoms with Gasteiger partial charge in [-0.15, -0.1) is 0 Å². The standard InChI is InChI=1S/C17H17N5O7S2/c1-2-7-18-31(28,29)15-5-3-12(4-6-15)19-17(30)20-16(23)11-8-13(21(24)25)10-14(9-11)22(26)27/h3-6,8-10,18H,2,7H2,1H3,(H2,19,20,23,30). The van der Waals surface area contributed by atoms with Gasteiger partial charge in [-0.05, 0) is 42.9 Å². The molecule has 2 rings (SSSR count). The summed E-state index contributed by atoms with van der Waals surface area (Å²) in [6, 6.07) is 8.04. The fourth-order valence-corrected chi connectivity index (χ4v) is 3.66. The third-order valence-corrected chi connectivity index (χ3v) is 5.46. The number of hydrogen-bond acceptors (Lipinski definition) is 8. The van der Waals surface area contributed by atoms with Gasteiger partial charge in [0.05, 0.1) is 26.4 Å². The molecule has 0 aromatic heterocycles. The summed E-state index contributed by atoms with van der Waals surface area (Å²) in [7, 11) is -3.64. The Bertz CT molecular complexity index is 1100. The number of carbonyl (C=O) groups is 1.